The monoisotopic (exact) mass is 288 g/mol. The maximum absolute atomic E-state index is 11.7. The zero-order valence-electron chi connectivity index (χ0n) is 8.84. The SMILES string of the molecule is CC(C)C(=O)C(Br)Cc1ccccc1Cl. The highest BCUT2D eigenvalue weighted by atomic mass is 79.9. The lowest BCUT2D eigenvalue weighted by Gasteiger charge is -2.12. The molecular formula is C12H14BrClO. The molecule has 0 radical (unpaired) electrons. The average Bonchev–Trinajstić information content (AvgIpc) is 2.20. The van der Waals surface area contributed by atoms with Crippen LogP contribution in [-0.4, -0.2) is 10.6 Å². The summed E-state index contributed by atoms with van der Waals surface area (Å²) in [6.45, 7) is 3.81. The van der Waals surface area contributed by atoms with Crippen molar-refractivity contribution >= 4 is 33.3 Å². The topological polar surface area (TPSA) is 17.1 Å². The Bertz CT molecular complexity index is 349. The van der Waals surface area contributed by atoms with E-state index in [-0.39, 0.29) is 16.5 Å². The molecule has 0 saturated carbocycles. The highest BCUT2D eigenvalue weighted by Crippen LogP contribution is 2.21. The van der Waals surface area contributed by atoms with Gasteiger partial charge in [0, 0.05) is 10.9 Å². The van der Waals surface area contributed by atoms with Gasteiger partial charge in [0.1, 0.15) is 5.78 Å². The summed E-state index contributed by atoms with van der Waals surface area (Å²) in [5.41, 5.74) is 1.01. The summed E-state index contributed by atoms with van der Waals surface area (Å²) in [6, 6.07) is 7.61. The largest absolute Gasteiger partial charge is 0.298 e. The molecule has 0 aromatic heterocycles. The molecular weight excluding hydrogens is 275 g/mol. The zero-order chi connectivity index (χ0) is 11.4. The van der Waals surface area contributed by atoms with Crippen LogP contribution >= 0.6 is 27.5 Å². The second kappa shape index (κ2) is 5.66. The van der Waals surface area contributed by atoms with Crippen molar-refractivity contribution in [2.75, 3.05) is 0 Å². The second-order valence-corrected chi connectivity index (χ2v) is 5.33. The predicted octanol–water partition coefficient (Wildman–Crippen LogP) is 3.87. The van der Waals surface area contributed by atoms with E-state index in [1.807, 2.05) is 38.1 Å². The van der Waals surface area contributed by atoms with Crippen molar-refractivity contribution in [3.63, 3.8) is 0 Å². The van der Waals surface area contributed by atoms with Crippen LogP contribution in [-0.2, 0) is 11.2 Å². The highest BCUT2D eigenvalue weighted by Gasteiger charge is 2.19. The molecule has 0 amide bonds. The molecule has 0 aliphatic heterocycles. The normalized spacial score (nSPS) is 12.9. The Balaban J connectivity index is 2.71. The van der Waals surface area contributed by atoms with Crippen LogP contribution in [0.4, 0.5) is 0 Å². The van der Waals surface area contributed by atoms with Crippen LogP contribution in [0.2, 0.25) is 5.02 Å². The Morgan fingerprint density at radius 3 is 2.53 bits per heavy atom. The van der Waals surface area contributed by atoms with Crippen molar-refractivity contribution in [2.45, 2.75) is 25.1 Å². The quantitative estimate of drug-likeness (QED) is 0.769. The summed E-state index contributed by atoms with van der Waals surface area (Å²) in [5.74, 6) is 0.270. The minimum atomic E-state index is -0.141. The molecule has 0 aliphatic carbocycles. The molecule has 1 atom stereocenters. The van der Waals surface area contributed by atoms with Crippen molar-refractivity contribution in [2.24, 2.45) is 5.92 Å². The van der Waals surface area contributed by atoms with Gasteiger partial charge in [0.25, 0.3) is 0 Å². The van der Waals surface area contributed by atoms with Crippen LogP contribution in [0, 0.1) is 5.92 Å². The van der Waals surface area contributed by atoms with Crippen molar-refractivity contribution < 1.29 is 4.79 Å². The van der Waals surface area contributed by atoms with Gasteiger partial charge in [-0.2, -0.15) is 0 Å². The first-order chi connectivity index (χ1) is 7.02. The lowest BCUT2D eigenvalue weighted by atomic mass is 10.0. The van der Waals surface area contributed by atoms with E-state index < -0.39 is 0 Å². The van der Waals surface area contributed by atoms with Crippen LogP contribution in [0.3, 0.4) is 0 Å². The first kappa shape index (κ1) is 12.7. The molecule has 1 unspecified atom stereocenters. The van der Waals surface area contributed by atoms with Gasteiger partial charge in [-0.3, -0.25) is 4.79 Å². The van der Waals surface area contributed by atoms with Crippen LogP contribution in [0.25, 0.3) is 0 Å². The average molecular weight is 290 g/mol. The Kier molecular flexibility index (Phi) is 4.81. The molecule has 0 bridgehead atoms. The summed E-state index contributed by atoms with van der Waals surface area (Å²) in [4.78, 5) is 11.5. The zero-order valence-corrected chi connectivity index (χ0v) is 11.2. The van der Waals surface area contributed by atoms with Gasteiger partial charge >= 0.3 is 0 Å². The summed E-state index contributed by atoms with van der Waals surface area (Å²) in [7, 11) is 0. The van der Waals surface area contributed by atoms with Crippen LogP contribution in [0.1, 0.15) is 19.4 Å². The van der Waals surface area contributed by atoms with E-state index in [4.69, 9.17) is 11.6 Å². The summed E-state index contributed by atoms with van der Waals surface area (Å²) in [5, 5.41) is 0.721. The Morgan fingerprint density at radius 2 is 2.00 bits per heavy atom. The third kappa shape index (κ3) is 3.62. The number of alkyl halides is 1. The first-order valence-corrected chi connectivity index (χ1v) is 6.23. The number of hydrogen-bond acceptors (Lipinski definition) is 1. The third-order valence-corrected chi connectivity index (χ3v) is 3.38. The van der Waals surface area contributed by atoms with E-state index in [1.54, 1.807) is 0 Å². The maximum atomic E-state index is 11.7. The van der Waals surface area contributed by atoms with Gasteiger partial charge in [0.15, 0.2) is 0 Å². The lowest BCUT2D eigenvalue weighted by molar-refractivity contribution is -0.121. The molecule has 0 heterocycles. The molecule has 0 N–H and O–H groups in total. The number of hydrogen-bond donors (Lipinski definition) is 0. The number of ketones is 1. The minimum absolute atomic E-state index is 0.0527. The highest BCUT2D eigenvalue weighted by molar-refractivity contribution is 9.10. The van der Waals surface area contributed by atoms with Gasteiger partial charge in [-0.15, -0.1) is 0 Å². The number of carbonyl (C=O) groups excluding carboxylic acids is 1. The fourth-order valence-electron chi connectivity index (χ4n) is 1.32. The van der Waals surface area contributed by atoms with E-state index in [1.165, 1.54) is 0 Å². The van der Waals surface area contributed by atoms with Crippen molar-refractivity contribution in [3.8, 4) is 0 Å². The van der Waals surface area contributed by atoms with E-state index >= 15 is 0 Å². The smallest absolute Gasteiger partial charge is 0.149 e. The Morgan fingerprint density at radius 1 is 1.40 bits per heavy atom. The molecule has 1 rings (SSSR count). The molecule has 15 heavy (non-hydrogen) atoms. The fourth-order valence-corrected chi connectivity index (χ4v) is 2.41. The van der Waals surface area contributed by atoms with Gasteiger partial charge in [-0.1, -0.05) is 59.6 Å². The Labute approximate surface area is 104 Å². The van der Waals surface area contributed by atoms with E-state index in [9.17, 15) is 4.79 Å². The lowest BCUT2D eigenvalue weighted by Crippen LogP contribution is -2.21. The van der Waals surface area contributed by atoms with Crippen LogP contribution in [0.15, 0.2) is 24.3 Å². The van der Waals surface area contributed by atoms with E-state index in [2.05, 4.69) is 15.9 Å². The molecule has 0 aliphatic rings. The maximum Gasteiger partial charge on any atom is 0.149 e. The molecule has 0 spiro atoms. The van der Waals surface area contributed by atoms with E-state index in [0.29, 0.717) is 6.42 Å². The summed E-state index contributed by atoms with van der Waals surface area (Å²) >= 11 is 9.43. The minimum Gasteiger partial charge on any atom is -0.298 e. The standard InChI is InChI=1S/C12H14BrClO/c1-8(2)12(15)10(13)7-9-5-3-4-6-11(9)14/h3-6,8,10H,7H2,1-2H3. The molecule has 0 fully saturated rings. The van der Waals surface area contributed by atoms with Crippen molar-refractivity contribution in [3.05, 3.63) is 34.9 Å². The predicted molar refractivity (Wildman–Crippen MR) is 67.7 cm³/mol. The van der Waals surface area contributed by atoms with Crippen LogP contribution in [0.5, 0.6) is 0 Å². The van der Waals surface area contributed by atoms with Gasteiger partial charge in [0.2, 0.25) is 0 Å². The first-order valence-electron chi connectivity index (χ1n) is 4.93. The van der Waals surface area contributed by atoms with Gasteiger partial charge in [-0.05, 0) is 18.1 Å². The molecule has 1 aromatic rings. The molecule has 3 heteroatoms. The van der Waals surface area contributed by atoms with Crippen molar-refractivity contribution in [1.82, 2.24) is 0 Å². The van der Waals surface area contributed by atoms with Gasteiger partial charge in [-0.25, -0.2) is 0 Å². The number of rotatable bonds is 4. The molecule has 0 saturated heterocycles. The number of carbonyl (C=O) groups is 1. The number of benzene rings is 1. The fraction of sp³-hybridized carbons (Fsp3) is 0.417. The van der Waals surface area contributed by atoms with Crippen LogP contribution < -0.4 is 0 Å². The summed E-state index contributed by atoms with van der Waals surface area (Å²) < 4.78 is 0. The second-order valence-electron chi connectivity index (χ2n) is 3.82. The van der Waals surface area contributed by atoms with Gasteiger partial charge < -0.3 is 0 Å². The molecule has 1 nitrogen and oxygen atoms in total. The summed E-state index contributed by atoms with van der Waals surface area (Å²) in [6.07, 6.45) is 0.649. The number of Topliss-reactive ketones (excluding diaryl/α,β-unsaturated/α-hetero) is 1. The van der Waals surface area contributed by atoms with Gasteiger partial charge in [0.05, 0.1) is 4.83 Å². The number of halogens is 2. The van der Waals surface area contributed by atoms with E-state index in [0.717, 1.165) is 10.6 Å². The van der Waals surface area contributed by atoms with Crippen molar-refractivity contribution in [1.29, 1.82) is 0 Å². The Hall–Kier alpha value is -0.340. The molecule has 82 valence electrons. The third-order valence-electron chi connectivity index (χ3n) is 2.23. The molecule has 1 aromatic carbocycles.